The topological polar surface area (TPSA) is 95.5 Å². The van der Waals surface area contributed by atoms with Gasteiger partial charge in [-0.1, -0.05) is 0 Å². The lowest BCUT2D eigenvalue weighted by Gasteiger charge is -2.09. The van der Waals surface area contributed by atoms with Gasteiger partial charge in [0, 0.05) is 11.6 Å². The van der Waals surface area contributed by atoms with Gasteiger partial charge in [0.15, 0.2) is 5.78 Å². The highest BCUT2D eigenvalue weighted by Crippen LogP contribution is 2.25. The molecular weight excluding hydrogens is 268 g/mol. The summed E-state index contributed by atoms with van der Waals surface area (Å²) in [6.07, 6.45) is 3.16. The maximum Gasteiger partial charge on any atom is 0.229 e. The van der Waals surface area contributed by atoms with Gasteiger partial charge in [-0.2, -0.15) is 0 Å². The number of Topliss-reactive ketones (excluding diaryl/α,β-unsaturated/α-hetero) is 1. The van der Waals surface area contributed by atoms with E-state index < -0.39 is 10.0 Å². The van der Waals surface area contributed by atoms with Crippen molar-refractivity contribution in [3.05, 3.63) is 23.8 Å². The molecule has 6 nitrogen and oxygen atoms in total. The zero-order chi connectivity index (χ0) is 14.0. The molecule has 0 amide bonds. The fraction of sp³-hybridized carbons (Fsp3) is 0.417. The molecule has 0 atom stereocenters. The Hall–Kier alpha value is -1.60. The summed E-state index contributed by atoms with van der Waals surface area (Å²) in [6, 6.07) is 4.54. The highest BCUT2D eigenvalue weighted by Gasteiger charge is 2.21. The van der Waals surface area contributed by atoms with Crippen LogP contribution in [0.5, 0.6) is 5.75 Å². The van der Waals surface area contributed by atoms with Gasteiger partial charge in [0.05, 0.1) is 18.5 Å². The Morgan fingerprint density at radius 3 is 2.68 bits per heavy atom. The molecule has 1 fully saturated rings. The van der Waals surface area contributed by atoms with E-state index in [0.717, 1.165) is 19.1 Å². The van der Waals surface area contributed by atoms with E-state index in [1.165, 1.54) is 18.2 Å². The molecule has 2 rings (SSSR count). The van der Waals surface area contributed by atoms with Gasteiger partial charge in [0.25, 0.3) is 0 Å². The van der Waals surface area contributed by atoms with Crippen molar-refractivity contribution in [1.29, 1.82) is 0 Å². The van der Waals surface area contributed by atoms with Gasteiger partial charge < -0.3 is 10.4 Å². The van der Waals surface area contributed by atoms with Gasteiger partial charge in [0.1, 0.15) is 5.75 Å². The molecule has 1 aromatic carbocycles. The Morgan fingerprint density at radius 2 is 2.11 bits per heavy atom. The summed E-state index contributed by atoms with van der Waals surface area (Å²) < 4.78 is 24.4. The van der Waals surface area contributed by atoms with Crippen LogP contribution in [0.2, 0.25) is 0 Å². The summed E-state index contributed by atoms with van der Waals surface area (Å²) in [4.78, 5) is 11.9. The molecule has 0 spiro atoms. The van der Waals surface area contributed by atoms with Crippen LogP contribution in [0, 0.1) is 0 Å². The second-order valence-corrected chi connectivity index (χ2v) is 6.43. The van der Waals surface area contributed by atoms with Crippen LogP contribution < -0.4 is 10.0 Å². The standard InChI is InChI=1S/C12H16N2O4S/c1-19(17,18)14-10-6-8(2-5-11(10)15)12(16)7-13-9-3-4-9/h2,5-6,9,13-15H,3-4,7H2,1H3. The highest BCUT2D eigenvalue weighted by molar-refractivity contribution is 7.92. The molecule has 0 aromatic heterocycles. The fourth-order valence-electron chi connectivity index (χ4n) is 1.62. The zero-order valence-corrected chi connectivity index (χ0v) is 11.3. The van der Waals surface area contributed by atoms with Crippen molar-refractivity contribution in [2.24, 2.45) is 0 Å². The van der Waals surface area contributed by atoms with Crippen molar-refractivity contribution < 1.29 is 18.3 Å². The first-order valence-electron chi connectivity index (χ1n) is 5.92. The van der Waals surface area contributed by atoms with Crippen molar-refractivity contribution in [3.63, 3.8) is 0 Å². The quantitative estimate of drug-likeness (QED) is 0.528. The molecule has 1 aromatic rings. The number of anilines is 1. The van der Waals surface area contributed by atoms with Crippen LogP contribution in [0.15, 0.2) is 18.2 Å². The normalized spacial score (nSPS) is 15.2. The average molecular weight is 284 g/mol. The van der Waals surface area contributed by atoms with Gasteiger partial charge in [-0.25, -0.2) is 8.42 Å². The van der Waals surface area contributed by atoms with E-state index in [4.69, 9.17) is 0 Å². The zero-order valence-electron chi connectivity index (χ0n) is 10.5. The molecule has 0 bridgehead atoms. The highest BCUT2D eigenvalue weighted by atomic mass is 32.2. The maximum atomic E-state index is 11.9. The fourth-order valence-corrected chi connectivity index (χ4v) is 2.18. The first-order valence-corrected chi connectivity index (χ1v) is 7.82. The van der Waals surface area contributed by atoms with E-state index >= 15 is 0 Å². The average Bonchev–Trinajstić information content (AvgIpc) is 3.11. The van der Waals surface area contributed by atoms with E-state index in [1.54, 1.807) is 0 Å². The van der Waals surface area contributed by atoms with Crippen LogP contribution in [0.1, 0.15) is 23.2 Å². The Kier molecular flexibility index (Phi) is 3.77. The first kappa shape index (κ1) is 13.8. The van der Waals surface area contributed by atoms with E-state index in [0.29, 0.717) is 11.6 Å². The number of aromatic hydroxyl groups is 1. The smallest absolute Gasteiger partial charge is 0.229 e. The number of carbonyl (C=O) groups is 1. The molecule has 1 saturated carbocycles. The molecule has 19 heavy (non-hydrogen) atoms. The maximum absolute atomic E-state index is 11.9. The van der Waals surface area contributed by atoms with Crippen LogP contribution in [-0.4, -0.2) is 38.1 Å². The van der Waals surface area contributed by atoms with Gasteiger partial charge >= 0.3 is 0 Å². The molecule has 0 heterocycles. The Balaban J connectivity index is 2.12. The number of benzene rings is 1. The Labute approximate surface area is 111 Å². The number of hydrogen-bond donors (Lipinski definition) is 3. The number of phenolic OH excluding ortho intramolecular Hbond substituents is 1. The number of ketones is 1. The van der Waals surface area contributed by atoms with E-state index in [2.05, 4.69) is 10.0 Å². The van der Waals surface area contributed by atoms with Gasteiger partial charge in [-0.3, -0.25) is 9.52 Å². The molecule has 0 unspecified atom stereocenters. The largest absolute Gasteiger partial charge is 0.506 e. The van der Waals surface area contributed by atoms with Crippen LogP contribution in [0.3, 0.4) is 0 Å². The lowest BCUT2D eigenvalue weighted by molar-refractivity contribution is 0.0990. The van der Waals surface area contributed by atoms with Crippen molar-refractivity contribution >= 4 is 21.5 Å². The summed E-state index contributed by atoms with van der Waals surface area (Å²) in [5, 5.41) is 12.6. The van der Waals surface area contributed by atoms with E-state index in [1.807, 2.05) is 0 Å². The molecule has 0 radical (unpaired) electrons. The van der Waals surface area contributed by atoms with E-state index in [9.17, 15) is 18.3 Å². The third kappa shape index (κ3) is 4.22. The van der Waals surface area contributed by atoms with Crippen LogP contribution >= 0.6 is 0 Å². The summed E-state index contributed by atoms with van der Waals surface area (Å²) in [7, 11) is -3.49. The third-order valence-electron chi connectivity index (χ3n) is 2.74. The Morgan fingerprint density at radius 1 is 1.42 bits per heavy atom. The molecule has 0 saturated heterocycles. The molecule has 0 aliphatic heterocycles. The molecule has 7 heteroatoms. The van der Waals surface area contributed by atoms with Gasteiger partial charge in [-0.05, 0) is 31.0 Å². The Bertz CT molecular complexity index is 594. The van der Waals surface area contributed by atoms with Crippen molar-refractivity contribution in [3.8, 4) is 5.75 Å². The van der Waals surface area contributed by atoms with Crippen LogP contribution in [0.25, 0.3) is 0 Å². The number of phenols is 1. The predicted octanol–water partition coefficient (Wildman–Crippen LogP) is 0.698. The lowest BCUT2D eigenvalue weighted by Crippen LogP contribution is -2.24. The number of sulfonamides is 1. The SMILES string of the molecule is CS(=O)(=O)Nc1cc(C(=O)CNC2CC2)ccc1O. The summed E-state index contributed by atoms with van der Waals surface area (Å²) in [5.41, 5.74) is 0.372. The van der Waals surface area contributed by atoms with Crippen LogP contribution in [-0.2, 0) is 10.0 Å². The lowest BCUT2D eigenvalue weighted by atomic mass is 10.1. The van der Waals surface area contributed by atoms with Crippen molar-refractivity contribution in [2.75, 3.05) is 17.5 Å². The number of hydrogen-bond acceptors (Lipinski definition) is 5. The number of carbonyl (C=O) groups excluding carboxylic acids is 1. The third-order valence-corrected chi connectivity index (χ3v) is 3.33. The molecule has 3 N–H and O–H groups in total. The minimum absolute atomic E-state index is 0.0137. The minimum atomic E-state index is -3.49. The minimum Gasteiger partial charge on any atom is -0.506 e. The van der Waals surface area contributed by atoms with Crippen LogP contribution in [0.4, 0.5) is 5.69 Å². The molecule has 104 valence electrons. The van der Waals surface area contributed by atoms with Crippen molar-refractivity contribution in [2.45, 2.75) is 18.9 Å². The van der Waals surface area contributed by atoms with Crippen molar-refractivity contribution in [1.82, 2.24) is 5.32 Å². The van der Waals surface area contributed by atoms with Gasteiger partial charge in [0.2, 0.25) is 10.0 Å². The molecular formula is C12H16N2O4S. The molecule has 1 aliphatic carbocycles. The first-order chi connectivity index (χ1) is 8.85. The number of nitrogens with one attached hydrogen (secondary N) is 2. The summed E-state index contributed by atoms with van der Waals surface area (Å²) in [6.45, 7) is 0.216. The summed E-state index contributed by atoms with van der Waals surface area (Å²) in [5.74, 6) is -0.347. The molecule has 1 aliphatic rings. The second-order valence-electron chi connectivity index (χ2n) is 4.68. The summed E-state index contributed by atoms with van der Waals surface area (Å²) >= 11 is 0. The number of rotatable bonds is 6. The second kappa shape index (κ2) is 5.18. The predicted molar refractivity (Wildman–Crippen MR) is 71.9 cm³/mol. The van der Waals surface area contributed by atoms with E-state index in [-0.39, 0.29) is 23.8 Å². The monoisotopic (exact) mass is 284 g/mol. The van der Waals surface area contributed by atoms with Gasteiger partial charge in [-0.15, -0.1) is 0 Å².